The van der Waals surface area contributed by atoms with Gasteiger partial charge in [0.25, 0.3) is 0 Å². The molecule has 18 heavy (non-hydrogen) atoms. The smallest absolute Gasteiger partial charge is 0.119 e. The lowest BCUT2D eigenvalue weighted by molar-refractivity contribution is 0.312. The van der Waals surface area contributed by atoms with Gasteiger partial charge in [-0.25, -0.2) is 0 Å². The molecular weight excluding hydrogens is 250 g/mol. The zero-order valence-corrected chi connectivity index (χ0v) is 12.0. The van der Waals surface area contributed by atoms with Crippen LogP contribution < -0.4 is 14.8 Å². The van der Waals surface area contributed by atoms with Crippen LogP contribution in [0.2, 0.25) is 0 Å². The van der Waals surface area contributed by atoms with Crippen LogP contribution in [0.4, 0.5) is 0 Å². The molecule has 0 fully saturated rings. The number of benzene rings is 1. The molecule has 102 valence electrons. The maximum atomic E-state index is 6.13. The fraction of sp³-hybridized carbons (Fsp3) is 0.571. The number of hydrogen-bond acceptors (Lipinski definition) is 3. The van der Waals surface area contributed by atoms with Crippen LogP contribution in [0.15, 0.2) is 24.3 Å². The van der Waals surface area contributed by atoms with Gasteiger partial charge in [-0.05, 0) is 30.2 Å². The second kappa shape index (κ2) is 8.22. The summed E-state index contributed by atoms with van der Waals surface area (Å²) in [6.07, 6.45) is 0. The van der Waals surface area contributed by atoms with Gasteiger partial charge in [-0.15, -0.1) is 11.6 Å². The fourth-order valence-corrected chi connectivity index (χ4v) is 1.50. The molecule has 0 aliphatic rings. The topological polar surface area (TPSA) is 30.5 Å². The third kappa shape index (κ3) is 5.61. The molecule has 3 nitrogen and oxygen atoms in total. The van der Waals surface area contributed by atoms with Crippen molar-refractivity contribution in [1.82, 2.24) is 5.32 Å². The molecule has 0 aliphatic carbocycles. The van der Waals surface area contributed by atoms with Crippen molar-refractivity contribution in [2.45, 2.75) is 19.2 Å². The summed E-state index contributed by atoms with van der Waals surface area (Å²) in [6.45, 7) is 6.47. The van der Waals surface area contributed by atoms with Crippen LogP contribution in [0.5, 0.6) is 11.5 Å². The van der Waals surface area contributed by atoms with Crippen LogP contribution in [-0.2, 0) is 0 Å². The van der Waals surface area contributed by atoms with Crippen molar-refractivity contribution in [3.05, 3.63) is 24.3 Å². The van der Waals surface area contributed by atoms with E-state index in [0.717, 1.165) is 24.6 Å². The average Bonchev–Trinajstić information content (AvgIpc) is 2.38. The van der Waals surface area contributed by atoms with E-state index < -0.39 is 0 Å². The number of alkyl halides is 1. The van der Waals surface area contributed by atoms with Crippen LogP contribution in [0.25, 0.3) is 0 Å². The molecular formula is C14H22ClNO2. The second-order valence-corrected chi connectivity index (χ2v) is 5.05. The highest BCUT2D eigenvalue weighted by molar-refractivity contribution is 6.20. The van der Waals surface area contributed by atoms with Gasteiger partial charge in [0.05, 0.1) is 7.11 Å². The summed E-state index contributed by atoms with van der Waals surface area (Å²) in [5, 5.41) is 3.45. The van der Waals surface area contributed by atoms with Gasteiger partial charge in [0.1, 0.15) is 18.1 Å². The highest BCUT2D eigenvalue weighted by Crippen LogP contribution is 2.16. The molecule has 0 spiro atoms. The van der Waals surface area contributed by atoms with Crippen molar-refractivity contribution < 1.29 is 9.47 Å². The van der Waals surface area contributed by atoms with Crippen LogP contribution in [0.1, 0.15) is 13.8 Å². The Bertz CT molecular complexity index is 327. The van der Waals surface area contributed by atoms with Crippen molar-refractivity contribution in [3.63, 3.8) is 0 Å². The molecule has 0 saturated carbocycles. The number of rotatable bonds is 8. The zero-order valence-electron chi connectivity index (χ0n) is 11.3. The van der Waals surface area contributed by atoms with Gasteiger partial charge >= 0.3 is 0 Å². The highest BCUT2D eigenvalue weighted by atomic mass is 35.5. The van der Waals surface area contributed by atoms with Gasteiger partial charge in [-0.3, -0.25) is 0 Å². The number of nitrogens with one attached hydrogen (secondary N) is 1. The van der Waals surface area contributed by atoms with Crippen LogP contribution in [0.3, 0.4) is 0 Å². The molecule has 1 unspecified atom stereocenters. The van der Waals surface area contributed by atoms with Crippen molar-refractivity contribution in [3.8, 4) is 11.5 Å². The molecule has 0 aliphatic heterocycles. The minimum absolute atomic E-state index is 0.172. The predicted octanol–water partition coefficient (Wildman–Crippen LogP) is 2.93. The van der Waals surface area contributed by atoms with E-state index in [1.807, 2.05) is 24.3 Å². The molecule has 1 aromatic carbocycles. The van der Waals surface area contributed by atoms with E-state index in [0.29, 0.717) is 12.5 Å². The molecule has 0 saturated heterocycles. The summed E-state index contributed by atoms with van der Waals surface area (Å²) in [5.74, 6) is 2.17. The minimum atomic E-state index is 0.172. The fourth-order valence-electron chi connectivity index (χ4n) is 1.39. The molecule has 1 atom stereocenters. The van der Waals surface area contributed by atoms with Gasteiger partial charge in [-0.1, -0.05) is 13.8 Å². The maximum Gasteiger partial charge on any atom is 0.119 e. The summed E-state index contributed by atoms with van der Waals surface area (Å²) in [6, 6.07) is 7.57. The van der Waals surface area contributed by atoms with Crippen molar-refractivity contribution in [2.24, 2.45) is 5.92 Å². The Morgan fingerprint density at radius 2 is 1.78 bits per heavy atom. The van der Waals surface area contributed by atoms with Crippen molar-refractivity contribution in [2.75, 3.05) is 26.8 Å². The average molecular weight is 272 g/mol. The number of halogens is 1. The van der Waals surface area contributed by atoms with E-state index in [1.54, 1.807) is 7.11 Å². The SMILES string of the molecule is COc1ccc(OCCNCC(Cl)C(C)C)cc1. The van der Waals surface area contributed by atoms with E-state index in [4.69, 9.17) is 21.1 Å². The van der Waals surface area contributed by atoms with Crippen molar-refractivity contribution in [1.29, 1.82) is 0 Å². The van der Waals surface area contributed by atoms with E-state index in [-0.39, 0.29) is 5.38 Å². The largest absolute Gasteiger partial charge is 0.497 e. The summed E-state index contributed by atoms with van der Waals surface area (Å²) < 4.78 is 10.7. The molecule has 0 radical (unpaired) electrons. The lowest BCUT2D eigenvalue weighted by Gasteiger charge is -2.14. The first-order valence-electron chi connectivity index (χ1n) is 6.25. The Morgan fingerprint density at radius 3 is 2.33 bits per heavy atom. The Hall–Kier alpha value is -0.930. The van der Waals surface area contributed by atoms with Crippen LogP contribution in [0, 0.1) is 5.92 Å². The number of hydrogen-bond donors (Lipinski definition) is 1. The lowest BCUT2D eigenvalue weighted by atomic mass is 10.1. The van der Waals surface area contributed by atoms with Gasteiger partial charge in [0.15, 0.2) is 0 Å². The van der Waals surface area contributed by atoms with Gasteiger partial charge in [-0.2, -0.15) is 0 Å². The first kappa shape index (κ1) is 15.1. The van der Waals surface area contributed by atoms with Crippen molar-refractivity contribution >= 4 is 11.6 Å². The third-order valence-electron chi connectivity index (χ3n) is 2.67. The second-order valence-electron chi connectivity index (χ2n) is 4.49. The van der Waals surface area contributed by atoms with Gasteiger partial charge in [0.2, 0.25) is 0 Å². The van der Waals surface area contributed by atoms with E-state index >= 15 is 0 Å². The van der Waals surface area contributed by atoms with Crippen LogP contribution in [-0.4, -0.2) is 32.2 Å². The maximum absolute atomic E-state index is 6.13. The summed E-state index contributed by atoms with van der Waals surface area (Å²) in [7, 11) is 1.65. The standard InChI is InChI=1S/C14H22ClNO2/c1-11(2)14(15)10-16-8-9-18-13-6-4-12(17-3)5-7-13/h4-7,11,14,16H,8-10H2,1-3H3. The minimum Gasteiger partial charge on any atom is -0.497 e. The molecule has 0 aromatic heterocycles. The lowest BCUT2D eigenvalue weighted by Crippen LogP contribution is -2.30. The highest BCUT2D eigenvalue weighted by Gasteiger charge is 2.07. The van der Waals surface area contributed by atoms with E-state index in [2.05, 4.69) is 19.2 Å². The Balaban J connectivity index is 2.14. The molecule has 1 rings (SSSR count). The Morgan fingerprint density at radius 1 is 1.17 bits per heavy atom. The number of methoxy groups -OCH3 is 1. The van der Waals surface area contributed by atoms with Crippen LogP contribution >= 0.6 is 11.6 Å². The number of ether oxygens (including phenoxy) is 2. The molecule has 4 heteroatoms. The molecule has 0 heterocycles. The summed E-state index contributed by atoms with van der Waals surface area (Å²) in [4.78, 5) is 0. The van der Waals surface area contributed by atoms with Gasteiger partial charge < -0.3 is 14.8 Å². The van der Waals surface area contributed by atoms with Gasteiger partial charge in [0, 0.05) is 18.5 Å². The molecule has 1 aromatic rings. The Kier molecular flexibility index (Phi) is 6.91. The summed E-state index contributed by atoms with van der Waals surface area (Å²) in [5.41, 5.74) is 0. The quantitative estimate of drug-likeness (QED) is 0.583. The molecule has 0 amide bonds. The molecule has 1 N–H and O–H groups in total. The van der Waals surface area contributed by atoms with E-state index in [1.165, 1.54) is 0 Å². The first-order valence-corrected chi connectivity index (χ1v) is 6.68. The predicted molar refractivity (Wildman–Crippen MR) is 75.8 cm³/mol. The summed E-state index contributed by atoms with van der Waals surface area (Å²) >= 11 is 6.13. The normalized spacial score (nSPS) is 12.5. The first-order chi connectivity index (χ1) is 8.63. The monoisotopic (exact) mass is 271 g/mol. The molecule has 0 bridgehead atoms. The third-order valence-corrected chi connectivity index (χ3v) is 3.33. The zero-order chi connectivity index (χ0) is 13.4. The Labute approximate surface area is 114 Å². The van der Waals surface area contributed by atoms with E-state index in [9.17, 15) is 0 Å².